The van der Waals surface area contributed by atoms with Crippen molar-refractivity contribution in [3.63, 3.8) is 0 Å². The highest BCUT2D eigenvalue weighted by atomic mass is 35.5. The summed E-state index contributed by atoms with van der Waals surface area (Å²) >= 11 is 6.01. The van der Waals surface area contributed by atoms with E-state index in [4.69, 9.17) is 16.3 Å². The summed E-state index contributed by atoms with van der Waals surface area (Å²) in [6.45, 7) is 7.39. The van der Waals surface area contributed by atoms with Gasteiger partial charge in [-0.1, -0.05) is 29.8 Å². The summed E-state index contributed by atoms with van der Waals surface area (Å²) in [5.74, 6) is -0.482. The van der Waals surface area contributed by atoms with Crippen LogP contribution in [-0.2, 0) is 9.53 Å². The summed E-state index contributed by atoms with van der Waals surface area (Å²) in [7, 11) is 0. The van der Waals surface area contributed by atoms with Gasteiger partial charge in [0.1, 0.15) is 5.60 Å². The molecule has 1 N–H and O–H groups in total. The van der Waals surface area contributed by atoms with E-state index in [-0.39, 0.29) is 17.8 Å². The third kappa shape index (κ3) is 3.70. The van der Waals surface area contributed by atoms with Gasteiger partial charge < -0.3 is 9.84 Å². The lowest BCUT2D eigenvalue weighted by Crippen LogP contribution is -2.26. The molecule has 3 rings (SSSR count). The molecule has 0 aliphatic rings. The summed E-state index contributed by atoms with van der Waals surface area (Å²) in [5.41, 5.74) is 1.15. The Labute approximate surface area is 158 Å². The van der Waals surface area contributed by atoms with Crippen molar-refractivity contribution in [2.24, 2.45) is 0 Å². The van der Waals surface area contributed by atoms with E-state index in [1.807, 2.05) is 64.2 Å². The van der Waals surface area contributed by atoms with Crippen molar-refractivity contribution < 1.29 is 14.6 Å². The topological polar surface area (TPSA) is 51.5 Å². The van der Waals surface area contributed by atoms with Crippen LogP contribution < -0.4 is 0 Å². The van der Waals surface area contributed by atoms with Crippen LogP contribution in [0.4, 0.5) is 0 Å². The Morgan fingerprint density at radius 1 is 1.15 bits per heavy atom. The average molecular weight is 372 g/mol. The van der Waals surface area contributed by atoms with Gasteiger partial charge in [-0.25, -0.2) is 0 Å². The van der Waals surface area contributed by atoms with Crippen LogP contribution in [0.5, 0.6) is 5.88 Å². The number of esters is 1. The SMILES string of the molecule is CC(C(=O)OC(C)(C)C)c1ccc(-n2cc3ccc(Cl)cc3c2O)cc1. The van der Waals surface area contributed by atoms with Gasteiger partial charge in [0.25, 0.3) is 0 Å². The number of benzene rings is 2. The lowest BCUT2D eigenvalue weighted by Gasteiger charge is -2.22. The summed E-state index contributed by atoms with van der Waals surface area (Å²) < 4.78 is 7.14. The second-order valence-corrected chi connectivity index (χ2v) is 7.84. The largest absolute Gasteiger partial charge is 0.494 e. The van der Waals surface area contributed by atoms with E-state index >= 15 is 0 Å². The number of rotatable bonds is 3. The molecule has 5 heteroatoms. The van der Waals surface area contributed by atoms with Gasteiger partial charge in [-0.2, -0.15) is 0 Å². The fourth-order valence-electron chi connectivity index (χ4n) is 2.81. The maximum Gasteiger partial charge on any atom is 0.313 e. The molecule has 0 bridgehead atoms. The van der Waals surface area contributed by atoms with Crippen molar-refractivity contribution in [1.29, 1.82) is 0 Å². The van der Waals surface area contributed by atoms with Gasteiger partial charge in [-0.05, 0) is 57.5 Å². The molecule has 0 saturated heterocycles. The van der Waals surface area contributed by atoms with E-state index in [0.717, 1.165) is 16.6 Å². The van der Waals surface area contributed by atoms with Crippen LogP contribution >= 0.6 is 11.6 Å². The number of fused-ring (bicyclic) bond motifs is 1. The number of hydrogen-bond donors (Lipinski definition) is 1. The molecule has 2 aromatic carbocycles. The number of halogens is 1. The van der Waals surface area contributed by atoms with Gasteiger partial charge in [0.15, 0.2) is 0 Å². The molecule has 1 heterocycles. The first-order valence-corrected chi connectivity index (χ1v) is 8.86. The van der Waals surface area contributed by atoms with Gasteiger partial charge in [0.2, 0.25) is 5.88 Å². The zero-order valence-electron chi connectivity index (χ0n) is 15.3. The zero-order chi connectivity index (χ0) is 19.1. The molecule has 0 fully saturated rings. The summed E-state index contributed by atoms with van der Waals surface area (Å²) in [6, 6.07) is 12.9. The van der Waals surface area contributed by atoms with Crippen molar-refractivity contribution in [2.75, 3.05) is 0 Å². The van der Waals surface area contributed by atoms with Crippen molar-refractivity contribution in [1.82, 2.24) is 4.57 Å². The number of aromatic hydroxyl groups is 1. The Kier molecular flexibility index (Phi) is 4.72. The molecule has 0 aliphatic heterocycles. The number of nitrogens with zero attached hydrogens (tertiary/aromatic N) is 1. The van der Waals surface area contributed by atoms with Crippen LogP contribution in [0.25, 0.3) is 16.5 Å². The number of hydrogen-bond acceptors (Lipinski definition) is 3. The summed E-state index contributed by atoms with van der Waals surface area (Å²) in [6.07, 6.45) is 1.85. The smallest absolute Gasteiger partial charge is 0.313 e. The predicted molar refractivity (Wildman–Crippen MR) is 104 cm³/mol. The zero-order valence-corrected chi connectivity index (χ0v) is 16.0. The van der Waals surface area contributed by atoms with E-state index in [2.05, 4.69) is 0 Å². The highest BCUT2D eigenvalue weighted by molar-refractivity contribution is 6.31. The standard InChI is InChI=1S/C21H22ClNO3/c1-13(20(25)26-21(2,3)4)14-6-9-17(10-7-14)23-12-15-5-8-16(22)11-18(15)19(23)24/h5-13,24H,1-4H3. The van der Waals surface area contributed by atoms with E-state index in [1.165, 1.54) is 0 Å². The third-order valence-electron chi connectivity index (χ3n) is 4.18. The van der Waals surface area contributed by atoms with Gasteiger partial charge in [-0.3, -0.25) is 9.36 Å². The van der Waals surface area contributed by atoms with E-state index in [0.29, 0.717) is 10.4 Å². The van der Waals surface area contributed by atoms with Crippen molar-refractivity contribution in [3.8, 4) is 11.6 Å². The average Bonchev–Trinajstić information content (AvgIpc) is 2.89. The molecule has 1 atom stereocenters. The van der Waals surface area contributed by atoms with Gasteiger partial charge >= 0.3 is 5.97 Å². The molecule has 1 unspecified atom stereocenters. The molecule has 0 saturated carbocycles. The molecular weight excluding hydrogens is 350 g/mol. The van der Waals surface area contributed by atoms with Crippen molar-refractivity contribution in [3.05, 3.63) is 59.2 Å². The lowest BCUT2D eigenvalue weighted by molar-refractivity contribution is -0.156. The van der Waals surface area contributed by atoms with Crippen LogP contribution in [0, 0.1) is 0 Å². The van der Waals surface area contributed by atoms with E-state index in [1.54, 1.807) is 16.7 Å². The second kappa shape index (κ2) is 6.69. The third-order valence-corrected chi connectivity index (χ3v) is 4.42. The Hall–Kier alpha value is -2.46. The monoisotopic (exact) mass is 371 g/mol. The predicted octanol–water partition coefficient (Wildman–Crippen LogP) is 5.43. The van der Waals surface area contributed by atoms with Gasteiger partial charge in [-0.15, -0.1) is 0 Å². The first-order valence-electron chi connectivity index (χ1n) is 8.48. The Balaban J connectivity index is 1.88. The van der Waals surface area contributed by atoms with E-state index < -0.39 is 5.60 Å². The minimum absolute atomic E-state index is 0.135. The van der Waals surface area contributed by atoms with Crippen LogP contribution in [0.3, 0.4) is 0 Å². The van der Waals surface area contributed by atoms with Crippen LogP contribution in [0.2, 0.25) is 5.02 Å². The molecule has 3 aromatic rings. The summed E-state index contributed by atoms with van der Waals surface area (Å²) in [5, 5.41) is 12.7. The minimum atomic E-state index is -0.510. The maximum absolute atomic E-state index is 12.2. The molecule has 26 heavy (non-hydrogen) atoms. The Bertz CT molecular complexity index is 952. The number of carbonyl (C=O) groups is 1. The Morgan fingerprint density at radius 3 is 2.42 bits per heavy atom. The molecular formula is C21H22ClNO3. The fourth-order valence-corrected chi connectivity index (χ4v) is 2.98. The molecule has 136 valence electrons. The van der Waals surface area contributed by atoms with Crippen LogP contribution in [0.15, 0.2) is 48.7 Å². The number of aromatic nitrogens is 1. The quantitative estimate of drug-likeness (QED) is 0.624. The fraction of sp³-hybridized carbons (Fsp3) is 0.286. The first kappa shape index (κ1) is 18.3. The molecule has 0 amide bonds. The second-order valence-electron chi connectivity index (χ2n) is 7.40. The van der Waals surface area contributed by atoms with Crippen LogP contribution in [-0.4, -0.2) is 21.2 Å². The molecule has 0 radical (unpaired) electrons. The first-order chi connectivity index (χ1) is 12.2. The van der Waals surface area contributed by atoms with Gasteiger partial charge in [0, 0.05) is 27.7 Å². The number of carbonyl (C=O) groups excluding carboxylic acids is 1. The molecule has 0 aliphatic carbocycles. The van der Waals surface area contributed by atoms with Crippen molar-refractivity contribution in [2.45, 2.75) is 39.2 Å². The van der Waals surface area contributed by atoms with Gasteiger partial charge in [0.05, 0.1) is 5.92 Å². The number of ether oxygens (including phenoxy) is 1. The van der Waals surface area contributed by atoms with Crippen LogP contribution in [0.1, 0.15) is 39.2 Å². The van der Waals surface area contributed by atoms with E-state index in [9.17, 15) is 9.90 Å². The lowest BCUT2D eigenvalue weighted by atomic mass is 10.0. The molecule has 0 spiro atoms. The maximum atomic E-state index is 12.2. The highest BCUT2D eigenvalue weighted by Crippen LogP contribution is 2.32. The minimum Gasteiger partial charge on any atom is -0.494 e. The Morgan fingerprint density at radius 2 is 1.81 bits per heavy atom. The highest BCUT2D eigenvalue weighted by Gasteiger charge is 2.23. The summed E-state index contributed by atoms with van der Waals surface area (Å²) in [4.78, 5) is 12.2. The van der Waals surface area contributed by atoms with Crippen molar-refractivity contribution >= 4 is 28.3 Å². The molecule has 4 nitrogen and oxygen atoms in total. The molecule has 1 aromatic heterocycles. The normalized spacial score (nSPS) is 13.0.